The molecule has 2 N–H and O–H groups in total. The van der Waals surface area contributed by atoms with Gasteiger partial charge >= 0.3 is 0 Å². The lowest BCUT2D eigenvalue weighted by Crippen LogP contribution is -2.35. The summed E-state index contributed by atoms with van der Waals surface area (Å²) in [6, 6.07) is 7.38. The van der Waals surface area contributed by atoms with Crippen LogP contribution in [0.2, 0.25) is 0 Å². The number of benzene rings is 1. The van der Waals surface area contributed by atoms with Gasteiger partial charge in [0.05, 0.1) is 5.75 Å². The molecule has 0 aromatic heterocycles. The van der Waals surface area contributed by atoms with E-state index in [1.807, 2.05) is 6.07 Å². The van der Waals surface area contributed by atoms with Crippen molar-refractivity contribution in [3.8, 4) is 5.75 Å². The standard InChI is InChI=1S/C15H21NO2S/c17-13-8-5-9-14(10-13)19-11-15(18)16-12-6-3-1-2-4-7-12/h5,8-10,12,17H,1-4,6-7,11H2,(H,16,18). The van der Waals surface area contributed by atoms with Gasteiger partial charge in [-0.2, -0.15) is 0 Å². The van der Waals surface area contributed by atoms with E-state index in [1.54, 1.807) is 18.2 Å². The van der Waals surface area contributed by atoms with Crippen LogP contribution in [0.3, 0.4) is 0 Å². The summed E-state index contributed by atoms with van der Waals surface area (Å²) in [7, 11) is 0. The molecule has 1 fully saturated rings. The highest BCUT2D eigenvalue weighted by Gasteiger charge is 2.14. The Labute approximate surface area is 118 Å². The predicted octanol–water partition coefficient (Wildman–Crippen LogP) is 3.32. The monoisotopic (exact) mass is 279 g/mol. The maximum atomic E-state index is 11.9. The number of rotatable bonds is 4. The molecule has 2 rings (SSSR count). The molecule has 0 radical (unpaired) electrons. The van der Waals surface area contributed by atoms with Crippen LogP contribution in [-0.2, 0) is 4.79 Å². The number of hydrogen-bond acceptors (Lipinski definition) is 3. The number of carbonyl (C=O) groups excluding carboxylic acids is 1. The molecule has 0 spiro atoms. The highest BCUT2D eigenvalue weighted by Crippen LogP contribution is 2.22. The Kier molecular flexibility index (Phi) is 5.58. The van der Waals surface area contributed by atoms with Gasteiger partial charge in [0.25, 0.3) is 0 Å². The average molecular weight is 279 g/mol. The lowest BCUT2D eigenvalue weighted by atomic mass is 10.1. The molecular formula is C15H21NO2S. The molecule has 1 aromatic rings. The first-order valence-corrected chi connectivity index (χ1v) is 7.94. The van der Waals surface area contributed by atoms with Gasteiger partial charge in [-0.05, 0) is 31.0 Å². The second-order valence-electron chi connectivity index (χ2n) is 5.04. The molecule has 0 heterocycles. The molecule has 0 bridgehead atoms. The van der Waals surface area contributed by atoms with Crippen LogP contribution >= 0.6 is 11.8 Å². The van der Waals surface area contributed by atoms with Crippen LogP contribution in [0, 0.1) is 0 Å². The first-order valence-electron chi connectivity index (χ1n) is 6.95. The fourth-order valence-corrected chi connectivity index (χ4v) is 3.18. The van der Waals surface area contributed by atoms with Crippen LogP contribution in [0.15, 0.2) is 29.2 Å². The van der Waals surface area contributed by atoms with E-state index in [9.17, 15) is 9.90 Å². The van der Waals surface area contributed by atoms with Crippen LogP contribution in [0.5, 0.6) is 5.75 Å². The molecule has 1 aliphatic rings. The number of phenols is 1. The molecule has 1 amide bonds. The van der Waals surface area contributed by atoms with E-state index < -0.39 is 0 Å². The summed E-state index contributed by atoms with van der Waals surface area (Å²) in [5.41, 5.74) is 0. The highest BCUT2D eigenvalue weighted by molar-refractivity contribution is 8.00. The number of aromatic hydroxyl groups is 1. The normalized spacial score (nSPS) is 16.8. The van der Waals surface area contributed by atoms with E-state index in [-0.39, 0.29) is 11.7 Å². The van der Waals surface area contributed by atoms with E-state index in [4.69, 9.17) is 0 Å². The third-order valence-corrected chi connectivity index (χ3v) is 4.40. The van der Waals surface area contributed by atoms with E-state index in [0.29, 0.717) is 11.8 Å². The summed E-state index contributed by atoms with van der Waals surface area (Å²) in [6.45, 7) is 0. The lowest BCUT2D eigenvalue weighted by Gasteiger charge is -2.15. The van der Waals surface area contributed by atoms with Crippen molar-refractivity contribution in [1.82, 2.24) is 5.32 Å². The van der Waals surface area contributed by atoms with Crippen molar-refractivity contribution in [2.24, 2.45) is 0 Å². The van der Waals surface area contributed by atoms with Gasteiger partial charge < -0.3 is 10.4 Å². The van der Waals surface area contributed by atoms with Crippen LogP contribution < -0.4 is 5.32 Å². The van der Waals surface area contributed by atoms with Crippen molar-refractivity contribution in [3.05, 3.63) is 24.3 Å². The second kappa shape index (κ2) is 7.43. The number of hydrogen-bond donors (Lipinski definition) is 2. The molecule has 104 valence electrons. The number of thioether (sulfide) groups is 1. The first-order chi connectivity index (χ1) is 9.24. The molecule has 0 unspecified atom stereocenters. The zero-order chi connectivity index (χ0) is 13.5. The number of amides is 1. The molecule has 3 nitrogen and oxygen atoms in total. The lowest BCUT2D eigenvalue weighted by molar-refractivity contribution is -0.119. The Morgan fingerprint density at radius 2 is 2.00 bits per heavy atom. The Bertz CT molecular complexity index is 414. The smallest absolute Gasteiger partial charge is 0.230 e. The van der Waals surface area contributed by atoms with E-state index in [0.717, 1.165) is 17.7 Å². The maximum absolute atomic E-state index is 11.9. The minimum atomic E-state index is 0.0974. The maximum Gasteiger partial charge on any atom is 0.230 e. The predicted molar refractivity (Wildman–Crippen MR) is 78.5 cm³/mol. The van der Waals surface area contributed by atoms with E-state index in [1.165, 1.54) is 37.4 Å². The molecule has 0 atom stereocenters. The molecule has 1 saturated carbocycles. The third-order valence-electron chi connectivity index (χ3n) is 3.41. The molecule has 0 saturated heterocycles. The summed E-state index contributed by atoms with van der Waals surface area (Å²) < 4.78 is 0. The number of carbonyl (C=O) groups is 1. The van der Waals surface area contributed by atoms with Crippen molar-refractivity contribution < 1.29 is 9.90 Å². The Morgan fingerprint density at radius 1 is 1.26 bits per heavy atom. The van der Waals surface area contributed by atoms with Gasteiger partial charge in [0.15, 0.2) is 0 Å². The van der Waals surface area contributed by atoms with Crippen LogP contribution in [0.4, 0.5) is 0 Å². The second-order valence-corrected chi connectivity index (χ2v) is 6.09. The largest absolute Gasteiger partial charge is 0.508 e. The van der Waals surface area contributed by atoms with Crippen LogP contribution in [0.25, 0.3) is 0 Å². The topological polar surface area (TPSA) is 49.3 Å². The fraction of sp³-hybridized carbons (Fsp3) is 0.533. The van der Waals surface area contributed by atoms with E-state index in [2.05, 4.69) is 5.32 Å². The molecule has 4 heteroatoms. The van der Waals surface area contributed by atoms with Crippen molar-refractivity contribution in [3.63, 3.8) is 0 Å². The summed E-state index contributed by atoms with van der Waals surface area (Å²) in [4.78, 5) is 12.8. The van der Waals surface area contributed by atoms with Crippen LogP contribution in [-0.4, -0.2) is 22.8 Å². The average Bonchev–Trinajstić information content (AvgIpc) is 2.65. The Hall–Kier alpha value is -1.16. The number of nitrogens with one attached hydrogen (secondary N) is 1. The van der Waals surface area contributed by atoms with Crippen LogP contribution in [0.1, 0.15) is 38.5 Å². The molecule has 0 aliphatic heterocycles. The summed E-state index contributed by atoms with van der Waals surface area (Å²) in [5, 5.41) is 12.5. The van der Waals surface area contributed by atoms with Crippen molar-refractivity contribution in [2.75, 3.05) is 5.75 Å². The summed E-state index contributed by atoms with van der Waals surface area (Å²) >= 11 is 1.46. The van der Waals surface area contributed by atoms with Gasteiger partial charge in [0, 0.05) is 10.9 Å². The number of phenolic OH excluding ortho intramolecular Hbond substituents is 1. The minimum Gasteiger partial charge on any atom is -0.508 e. The molecular weight excluding hydrogens is 258 g/mol. The van der Waals surface area contributed by atoms with Crippen molar-refractivity contribution >= 4 is 17.7 Å². The molecule has 1 aromatic carbocycles. The zero-order valence-electron chi connectivity index (χ0n) is 11.1. The molecule has 1 aliphatic carbocycles. The van der Waals surface area contributed by atoms with Gasteiger partial charge in [0.2, 0.25) is 5.91 Å². The third kappa shape index (κ3) is 5.15. The summed E-state index contributed by atoms with van der Waals surface area (Å²) in [6.07, 6.45) is 7.27. The van der Waals surface area contributed by atoms with Gasteiger partial charge in [-0.15, -0.1) is 11.8 Å². The SMILES string of the molecule is O=C(CSc1cccc(O)c1)NC1CCCCCC1. The van der Waals surface area contributed by atoms with Gasteiger partial charge in [-0.25, -0.2) is 0 Å². The van der Waals surface area contributed by atoms with Gasteiger partial charge in [0.1, 0.15) is 5.75 Å². The van der Waals surface area contributed by atoms with Gasteiger partial charge in [-0.1, -0.05) is 31.7 Å². The van der Waals surface area contributed by atoms with Gasteiger partial charge in [-0.3, -0.25) is 4.79 Å². The van der Waals surface area contributed by atoms with Crippen molar-refractivity contribution in [2.45, 2.75) is 49.5 Å². The minimum absolute atomic E-state index is 0.0974. The van der Waals surface area contributed by atoms with E-state index >= 15 is 0 Å². The Balaban J connectivity index is 1.74. The first kappa shape index (κ1) is 14.3. The molecule has 19 heavy (non-hydrogen) atoms. The van der Waals surface area contributed by atoms with Crippen molar-refractivity contribution in [1.29, 1.82) is 0 Å². The highest BCUT2D eigenvalue weighted by atomic mass is 32.2. The Morgan fingerprint density at radius 3 is 2.68 bits per heavy atom. The zero-order valence-corrected chi connectivity index (χ0v) is 11.9. The summed E-state index contributed by atoms with van der Waals surface area (Å²) in [5.74, 6) is 0.759. The fourth-order valence-electron chi connectivity index (χ4n) is 2.42. The quantitative estimate of drug-likeness (QED) is 0.656.